The highest BCUT2D eigenvalue weighted by atomic mass is 35.5. The van der Waals surface area contributed by atoms with Crippen molar-refractivity contribution in [3.05, 3.63) is 64.0 Å². The van der Waals surface area contributed by atoms with Gasteiger partial charge in [0.15, 0.2) is 6.61 Å². The van der Waals surface area contributed by atoms with Crippen molar-refractivity contribution in [2.75, 3.05) is 18.5 Å². The third-order valence-corrected chi connectivity index (χ3v) is 5.71. The minimum atomic E-state index is -0.997. The number of nitrogens with zero attached hydrogens (tertiary/aromatic N) is 1. The van der Waals surface area contributed by atoms with Gasteiger partial charge in [0, 0.05) is 17.3 Å². The van der Waals surface area contributed by atoms with E-state index in [1.807, 2.05) is 0 Å². The molecule has 3 rings (SSSR count). The van der Waals surface area contributed by atoms with Crippen molar-refractivity contribution in [3.8, 4) is 5.75 Å². The Hall–Kier alpha value is -2.88. The summed E-state index contributed by atoms with van der Waals surface area (Å²) in [5, 5.41) is 12.1. The Balaban J connectivity index is 1.60. The predicted molar refractivity (Wildman–Crippen MR) is 124 cm³/mol. The Labute approximate surface area is 193 Å². The molecule has 0 radical (unpaired) electrons. The third-order valence-electron chi connectivity index (χ3n) is 4.08. The van der Waals surface area contributed by atoms with Crippen molar-refractivity contribution in [3.63, 3.8) is 0 Å². The lowest BCUT2D eigenvalue weighted by atomic mass is 10.2. The molecule has 7 nitrogen and oxygen atoms in total. The number of halogens is 1. The van der Waals surface area contributed by atoms with Crippen LogP contribution in [0.4, 0.5) is 5.69 Å². The van der Waals surface area contributed by atoms with E-state index in [9.17, 15) is 14.4 Å². The number of carboxylic acid groups (broad SMARTS) is 1. The molecule has 31 heavy (non-hydrogen) atoms. The van der Waals surface area contributed by atoms with E-state index in [1.165, 1.54) is 4.90 Å². The molecule has 0 atom stereocenters. The van der Waals surface area contributed by atoms with Crippen LogP contribution in [0, 0.1) is 0 Å². The number of anilines is 1. The molecule has 2 aromatic carbocycles. The molecule has 0 saturated carbocycles. The lowest BCUT2D eigenvalue weighted by molar-refractivity contribution is -0.137. The average Bonchev–Trinajstić information content (AvgIpc) is 2.99. The van der Waals surface area contributed by atoms with Gasteiger partial charge >= 0.3 is 5.97 Å². The van der Waals surface area contributed by atoms with Crippen molar-refractivity contribution in [1.82, 2.24) is 4.90 Å². The SMILES string of the molecule is O=C(O)CCN1C(=O)C(=Cc2cccc(OCC(=O)Nc3ccc(Cl)cc3)c2)SC1=S. The summed E-state index contributed by atoms with van der Waals surface area (Å²) in [6.45, 7) is -0.160. The highest BCUT2D eigenvalue weighted by Gasteiger charge is 2.32. The number of benzene rings is 2. The molecule has 2 aromatic rings. The minimum absolute atomic E-state index is 0.0310. The quantitative estimate of drug-likeness (QED) is 0.438. The van der Waals surface area contributed by atoms with Gasteiger partial charge in [-0.2, -0.15) is 0 Å². The fourth-order valence-corrected chi connectivity index (χ4v) is 4.06. The van der Waals surface area contributed by atoms with Crippen LogP contribution < -0.4 is 10.1 Å². The Kier molecular flexibility index (Phi) is 7.67. The summed E-state index contributed by atoms with van der Waals surface area (Å²) in [5.41, 5.74) is 1.30. The smallest absolute Gasteiger partial charge is 0.305 e. The summed E-state index contributed by atoms with van der Waals surface area (Å²) in [5.74, 6) is -1.19. The van der Waals surface area contributed by atoms with E-state index >= 15 is 0 Å². The second-order valence-electron chi connectivity index (χ2n) is 6.39. The van der Waals surface area contributed by atoms with Gasteiger partial charge in [-0.1, -0.05) is 47.7 Å². The van der Waals surface area contributed by atoms with Gasteiger partial charge in [0.25, 0.3) is 11.8 Å². The lowest BCUT2D eigenvalue weighted by Gasteiger charge is -2.12. The van der Waals surface area contributed by atoms with Crippen LogP contribution in [0.2, 0.25) is 5.02 Å². The number of aliphatic carboxylic acids is 1. The number of carbonyl (C=O) groups is 3. The van der Waals surface area contributed by atoms with Gasteiger partial charge in [-0.25, -0.2) is 0 Å². The van der Waals surface area contributed by atoms with Gasteiger partial charge in [0.2, 0.25) is 0 Å². The first kappa shape index (κ1) is 22.8. The molecular formula is C21H17ClN2O5S2. The molecule has 10 heteroatoms. The molecular weight excluding hydrogens is 460 g/mol. The van der Waals surface area contributed by atoms with E-state index in [1.54, 1.807) is 54.6 Å². The maximum Gasteiger partial charge on any atom is 0.305 e. The number of amides is 2. The van der Waals surface area contributed by atoms with Crippen LogP contribution >= 0.6 is 35.6 Å². The molecule has 1 saturated heterocycles. The number of thiocarbonyl (C=S) groups is 1. The number of hydrogen-bond donors (Lipinski definition) is 2. The van der Waals surface area contributed by atoms with Crippen molar-refractivity contribution in [1.29, 1.82) is 0 Å². The predicted octanol–water partition coefficient (Wildman–Crippen LogP) is 4.03. The molecule has 1 heterocycles. The largest absolute Gasteiger partial charge is 0.484 e. The lowest BCUT2D eigenvalue weighted by Crippen LogP contribution is -2.30. The summed E-state index contributed by atoms with van der Waals surface area (Å²) in [4.78, 5) is 37.0. The first-order valence-electron chi connectivity index (χ1n) is 9.07. The number of carbonyl (C=O) groups excluding carboxylic acids is 2. The van der Waals surface area contributed by atoms with Crippen molar-refractivity contribution in [2.45, 2.75) is 6.42 Å². The van der Waals surface area contributed by atoms with Gasteiger partial charge in [-0.3, -0.25) is 19.3 Å². The Morgan fingerprint density at radius 1 is 1.23 bits per heavy atom. The van der Waals surface area contributed by atoms with Crippen molar-refractivity contribution in [2.24, 2.45) is 0 Å². The number of carboxylic acids is 1. The van der Waals surface area contributed by atoms with E-state index in [4.69, 9.17) is 33.7 Å². The zero-order valence-corrected chi connectivity index (χ0v) is 18.4. The Bertz CT molecular complexity index is 1060. The maximum atomic E-state index is 12.5. The number of hydrogen-bond acceptors (Lipinski definition) is 6. The molecule has 1 fully saturated rings. The highest BCUT2D eigenvalue weighted by Crippen LogP contribution is 2.33. The fourth-order valence-electron chi connectivity index (χ4n) is 2.62. The second kappa shape index (κ2) is 10.4. The van der Waals surface area contributed by atoms with E-state index in [2.05, 4.69) is 5.32 Å². The first-order chi connectivity index (χ1) is 14.8. The van der Waals surface area contributed by atoms with E-state index < -0.39 is 5.97 Å². The number of nitrogens with one attached hydrogen (secondary N) is 1. The van der Waals surface area contributed by atoms with Gasteiger partial charge in [0.05, 0.1) is 11.3 Å². The van der Waals surface area contributed by atoms with E-state index in [0.29, 0.717) is 31.2 Å². The van der Waals surface area contributed by atoms with Crippen LogP contribution in [-0.2, 0) is 14.4 Å². The Morgan fingerprint density at radius 2 is 1.97 bits per heavy atom. The second-order valence-corrected chi connectivity index (χ2v) is 8.51. The monoisotopic (exact) mass is 476 g/mol. The molecule has 0 spiro atoms. The fraction of sp³-hybridized carbons (Fsp3) is 0.143. The topological polar surface area (TPSA) is 95.9 Å². The van der Waals surface area contributed by atoms with Crippen LogP contribution in [0.25, 0.3) is 6.08 Å². The number of ether oxygens (including phenoxy) is 1. The van der Waals surface area contributed by atoms with Crippen LogP contribution in [0.3, 0.4) is 0 Å². The summed E-state index contributed by atoms with van der Waals surface area (Å²) >= 11 is 12.1. The molecule has 2 N–H and O–H groups in total. The minimum Gasteiger partial charge on any atom is -0.484 e. The number of rotatable bonds is 8. The molecule has 160 valence electrons. The molecule has 1 aliphatic heterocycles. The average molecular weight is 477 g/mol. The van der Waals surface area contributed by atoms with Crippen LogP contribution in [-0.4, -0.2) is 45.3 Å². The molecule has 0 aromatic heterocycles. The summed E-state index contributed by atoms with van der Waals surface area (Å²) < 4.78 is 5.87. The molecule has 0 aliphatic carbocycles. The maximum absolute atomic E-state index is 12.5. The number of thioether (sulfide) groups is 1. The van der Waals surface area contributed by atoms with Crippen LogP contribution in [0.1, 0.15) is 12.0 Å². The molecule has 2 amide bonds. The van der Waals surface area contributed by atoms with Crippen LogP contribution in [0.5, 0.6) is 5.75 Å². The van der Waals surface area contributed by atoms with Crippen molar-refractivity contribution >= 4 is 69.4 Å². The standard InChI is InChI=1S/C21H17ClN2O5S2/c22-14-4-6-15(7-5-14)23-18(25)12-29-16-3-1-2-13(10-16)11-17-20(28)24(21(30)31-17)9-8-19(26)27/h1-7,10-11H,8-9,12H2,(H,23,25)(H,26,27). The summed E-state index contributed by atoms with van der Waals surface area (Å²) in [6.07, 6.45) is 1.47. The first-order valence-corrected chi connectivity index (χ1v) is 10.7. The van der Waals surface area contributed by atoms with E-state index in [-0.39, 0.29) is 31.4 Å². The summed E-state index contributed by atoms with van der Waals surface area (Å²) in [6, 6.07) is 13.6. The van der Waals surface area contributed by atoms with Crippen LogP contribution in [0.15, 0.2) is 53.4 Å². The van der Waals surface area contributed by atoms with E-state index in [0.717, 1.165) is 11.8 Å². The third kappa shape index (κ3) is 6.55. The zero-order chi connectivity index (χ0) is 22.4. The Morgan fingerprint density at radius 3 is 2.68 bits per heavy atom. The van der Waals surface area contributed by atoms with Crippen molar-refractivity contribution < 1.29 is 24.2 Å². The zero-order valence-electron chi connectivity index (χ0n) is 16.0. The summed E-state index contributed by atoms with van der Waals surface area (Å²) in [7, 11) is 0. The normalized spacial score (nSPS) is 14.7. The molecule has 0 bridgehead atoms. The van der Waals surface area contributed by atoms with Gasteiger partial charge in [-0.15, -0.1) is 0 Å². The molecule has 1 aliphatic rings. The van der Waals surface area contributed by atoms with Gasteiger partial charge in [0.1, 0.15) is 10.1 Å². The van der Waals surface area contributed by atoms with Gasteiger partial charge < -0.3 is 15.2 Å². The van der Waals surface area contributed by atoms with Gasteiger partial charge in [-0.05, 0) is 48.0 Å². The highest BCUT2D eigenvalue weighted by molar-refractivity contribution is 8.26. The molecule has 0 unspecified atom stereocenters.